The Morgan fingerprint density at radius 2 is 2.25 bits per heavy atom. The van der Waals surface area contributed by atoms with E-state index in [9.17, 15) is 0 Å². The second-order valence-electron chi connectivity index (χ2n) is 2.08. The van der Waals surface area contributed by atoms with Crippen molar-refractivity contribution in [1.82, 2.24) is 0 Å². The fourth-order valence-corrected chi connectivity index (χ4v) is 0.904. The predicted octanol–water partition coefficient (Wildman–Crippen LogP) is 0.179. The summed E-state index contributed by atoms with van der Waals surface area (Å²) in [5.41, 5.74) is 0. The molecule has 0 fully saturated rings. The van der Waals surface area contributed by atoms with E-state index in [2.05, 4.69) is 0 Å². The van der Waals surface area contributed by atoms with E-state index < -0.39 is 7.12 Å². The zero-order valence-electron chi connectivity index (χ0n) is 4.62. The predicted molar refractivity (Wildman–Crippen MR) is 32.3 cm³/mol. The second kappa shape index (κ2) is 2.33. The minimum absolute atomic E-state index is 0.00463. The molecule has 0 saturated heterocycles. The van der Waals surface area contributed by atoms with Gasteiger partial charge in [-0.1, -0.05) is 12.2 Å². The topological polar surface area (TPSA) is 40.5 Å². The molecule has 0 radical (unpaired) electrons. The molecule has 0 aromatic rings. The first-order valence-corrected chi connectivity index (χ1v) is 2.83. The van der Waals surface area contributed by atoms with Crippen molar-refractivity contribution in [3.8, 4) is 0 Å². The van der Waals surface area contributed by atoms with Crippen LogP contribution in [0.5, 0.6) is 0 Å². The monoisotopic (exact) mass is 112 g/mol. The third kappa shape index (κ3) is 1.11. The molecule has 0 bridgehead atoms. The van der Waals surface area contributed by atoms with Crippen LogP contribution in [-0.4, -0.2) is 17.2 Å². The average molecular weight is 112 g/mol. The Morgan fingerprint density at radius 3 is 2.50 bits per heavy atom. The van der Waals surface area contributed by atoms with Crippen molar-refractivity contribution in [3.63, 3.8) is 0 Å². The number of rotatable bonds is 1. The van der Waals surface area contributed by atoms with Crippen LogP contribution in [0.3, 0.4) is 0 Å². The zero-order chi connectivity index (χ0) is 5.98. The van der Waals surface area contributed by atoms with Crippen molar-refractivity contribution in [3.05, 3.63) is 12.2 Å². The van der Waals surface area contributed by atoms with Gasteiger partial charge in [-0.25, -0.2) is 0 Å². The van der Waals surface area contributed by atoms with Crippen molar-refractivity contribution < 1.29 is 10.0 Å². The van der Waals surface area contributed by atoms with Gasteiger partial charge in [-0.3, -0.25) is 0 Å². The van der Waals surface area contributed by atoms with Crippen molar-refractivity contribution >= 4 is 7.12 Å². The Hall–Kier alpha value is -0.275. The lowest BCUT2D eigenvalue weighted by molar-refractivity contribution is 0.393. The maximum Gasteiger partial charge on any atom is 0.458 e. The summed E-state index contributed by atoms with van der Waals surface area (Å²) in [5.74, 6) is -0.00463. The normalized spacial score (nSPS) is 26.5. The quantitative estimate of drug-likeness (QED) is 0.375. The van der Waals surface area contributed by atoms with Gasteiger partial charge in [-0.2, -0.15) is 0 Å². The van der Waals surface area contributed by atoms with Gasteiger partial charge in [-0.05, 0) is 12.8 Å². The molecule has 0 amide bonds. The molecule has 0 aliphatic heterocycles. The Bertz CT molecular complexity index is 101. The van der Waals surface area contributed by atoms with E-state index in [0.29, 0.717) is 0 Å². The molecule has 0 heterocycles. The van der Waals surface area contributed by atoms with Crippen LogP contribution >= 0.6 is 0 Å². The number of allylic oxidation sites excluding steroid dienone is 2. The van der Waals surface area contributed by atoms with Gasteiger partial charge in [0.1, 0.15) is 0 Å². The standard InChI is InChI=1S/C5H9BO2/c7-6(8)5-3-1-2-4-5/h1,3,5,7-8H,2,4H2. The maximum absolute atomic E-state index is 8.56. The Balaban J connectivity index is 2.36. The van der Waals surface area contributed by atoms with E-state index >= 15 is 0 Å². The molecule has 0 spiro atoms. The van der Waals surface area contributed by atoms with Gasteiger partial charge in [0, 0.05) is 5.82 Å². The molecule has 8 heavy (non-hydrogen) atoms. The summed E-state index contributed by atoms with van der Waals surface area (Å²) in [6.45, 7) is 0. The van der Waals surface area contributed by atoms with Crippen LogP contribution in [0.4, 0.5) is 0 Å². The highest BCUT2D eigenvalue weighted by Gasteiger charge is 2.21. The maximum atomic E-state index is 8.56. The second-order valence-corrected chi connectivity index (χ2v) is 2.08. The van der Waals surface area contributed by atoms with Gasteiger partial charge in [0.05, 0.1) is 0 Å². The summed E-state index contributed by atoms with van der Waals surface area (Å²) in [4.78, 5) is 0. The number of hydrogen-bond donors (Lipinski definition) is 2. The van der Waals surface area contributed by atoms with Crippen molar-refractivity contribution in [2.45, 2.75) is 18.7 Å². The lowest BCUT2D eigenvalue weighted by Crippen LogP contribution is -2.16. The van der Waals surface area contributed by atoms with Gasteiger partial charge in [0.15, 0.2) is 0 Å². The van der Waals surface area contributed by atoms with Crippen LogP contribution in [0.25, 0.3) is 0 Å². The number of hydrogen-bond acceptors (Lipinski definition) is 2. The molecule has 2 N–H and O–H groups in total. The summed E-state index contributed by atoms with van der Waals surface area (Å²) in [6, 6.07) is 0. The molecule has 44 valence electrons. The lowest BCUT2D eigenvalue weighted by atomic mass is 9.73. The summed E-state index contributed by atoms with van der Waals surface area (Å²) in [5, 5.41) is 17.1. The third-order valence-electron chi connectivity index (χ3n) is 1.43. The van der Waals surface area contributed by atoms with E-state index in [-0.39, 0.29) is 5.82 Å². The Labute approximate surface area is 49.0 Å². The largest absolute Gasteiger partial charge is 0.458 e. The van der Waals surface area contributed by atoms with Crippen LogP contribution < -0.4 is 0 Å². The molecule has 0 saturated carbocycles. The molecule has 1 aliphatic carbocycles. The van der Waals surface area contributed by atoms with E-state index in [1.807, 2.05) is 12.2 Å². The van der Waals surface area contributed by atoms with Crippen LogP contribution in [0.15, 0.2) is 12.2 Å². The summed E-state index contributed by atoms with van der Waals surface area (Å²) >= 11 is 0. The van der Waals surface area contributed by atoms with Crippen molar-refractivity contribution in [1.29, 1.82) is 0 Å². The van der Waals surface area contributed by atoms with E-state index in [1.165, 1.54) is 0 Å². The van der Waals surface area contributed by atoms with Gasteiger partial charge in [0.2, 0.25) is 0 Å². The zero-order valence-corrected chi connectivity index (χ0v) is 4.62. The molecule has 1 unspecified atom stereocenters. The Morgan fingerprint density at radius 1 is 1.50 bits per heavy atom. The van der Waals surface area contributed by atoms with Crippen LogP contribution in [0.1, 0.15) is 12.8 Å². The fraction of sp³-hybridized carbons (Fsp3) is 0.600. The third-order valence-corrected chi connectivity index (χ3v) is 1.43. The smallest absolute Gasteiger partial charge is 0.427 e. The molecule has 2 nitrogen and oxygen atoms in total. The molecule has 3 heteroatoms. The SMILES string of the molecule is OB(O)C1C=CCC1. The highest BCUT2D eigenvalue weighted by molar-refractivity contribution is 6.44. The average Bonchev–Trinajstić information content (AvgIpc) is 2.12. The van der Waals surface area contributed by atoms with Gasteiger partial charge < -0.3 is 10.0 Å². The molecule has 0 aromatic carbocycles. The van der Waals surface area contributed by atoms with Gasteiger partial charge in [-0.15, -0.1) is 0 Å². The lowest BCUT2D eigenvalue weighted by Gasteiger charge is -2.01. The summed E-state index contributed by atoms with van der Waals surface area (Å²) in [7, 11) is -1.14. The van der Waals surface area contributed by atoms with Gasteiger partial charge in [0.25, 0.3) is 0 Å². The van der Waals surface area contributed by atoms with Crippen molar-refractivity contribution in [2.24, 2.45) is 0 Å². The van der Waals surface area contributed by atoms with Crippen LogP contribution in [0.2, 0.25) is 5.82 Å². The first-order chi connectivity index (χ1) is 3.80. The minimum atomic E-state index is -1.14. The van der Waals surface area contributed by atoms with Crippen molar-refractivity contribution in [2.75, 3.05) is 0 Å². The van der Waals surface area contributed by atoms with E-state index in [0.717, 1.165) is 12.8 Å². The molecule has 1 rings (SSSR count). The Kier molecular flexibility index (Phi) is 1.71. The molecule has 0 aromatic heterocycles. The van der Waals surface area contributed by atoms with Crippen LogP contribution in [-0.2, 0) is 0 Å². The molecular weight excluding hydrogens is 103 g/mol. The first-order valence-electron chi connectivity index (χ1n) is 2.83. The summed E-state index contributed by atoms with van der Waals surface area (Å²) < 4.78 is 0. The molecule has 1 aliphatic rings. The first kappa shape index (κ1) is 5.85. The minimum Gasteiger partial charge on any atom is -0.427 e. The molecular formula is C5H9BO2. The van der Waals surface area contributed by atoms with Gasteiger partial charge >= 0.3 is 7.12 Å². The summed E-state index contributed by atoms with van der Waals surface area (Å²) in [6.07, 6.45) is 5.70. The fourth-order valence-electron chi connectivity index (χ4n) is 0.904. The molecule has 1 atom stereocenters. The van der Waals surface area contributed by atoms with E-state index in [4.69, 9.17) is 10.0 Å². The van der Waals surface area contributed by atoms with Crippen LogP contribution in [0, 0.1) is 0 Å². The highest BCUT2D eigenvalue weighted by Crippen LogP contribution is 2.23. The highest BCUT2D eigenvalue weighted by atomic mass is 16.4. The van der Waals surface area contributed by atoms with E-state index in [1.54, 1.807) is 0 Å².